The Balaban J connectivity index is 2.40. The van der Waals surface area contributed by atoms with Crippen molar-refractivity contribution in [3.63, 3.8) is 0 Å². The van der Waals surface area contributed by atoms with Gasteiger partial charge in [0.05, 0.1) is 6.54 Å². The van der Waals surface area contributed by atoms with Crippen LogP contribution in [0.5, 0.6) is 0 Å². The molecule has 1 aliphatic heterocycles. The molecule has 1 unspecified atom stereocenters. The van der Waals surface area contributed by atoms with E-state index in [0.717, 1.165) is 12.7 Å². The van der Waals surface area contributed by atoms with Gasteiger partial charge in [0.1, 0.15) is 6.04 Å². The van der Waals surface area contributed by atoms with E-state index in [-0.39, 0.29) is 0 Å². The Kier molecular flexibility index (Phi) is 2.87. The van der Waals surface area contributed by atoms with Crippen molar-refractivity contribution in [1.82, 2.24) is 5.32 Å². The number of halogens is 3. The maximum absolute atomic E-state index is 12.0. The van der Waals surface area contributed by atoms with Crippen LogP contribution in [0.3, 0.4) is 0 Å². The fraction of sp³-hybridized carbons (Fsp3) is 0.833. The quantitative estimate of drug-likeness (QED) is 0.692. The van der Waals surface area contributed by atoms with Gasteiger partial charge in [-0.25, -0.2) is 0 Å². The van der Waals surface area contributed by atoms with E-state index in [1.807, 2.05) is 0 Å². The van der Waals surface area contributed by atoms with E-state index in [1.165, 1.54) is 11.8 Å². The molecule has 1 heterocycles. The summed E-state index contributed by atoms with van der Waals surface area (Å²) in [5.74, 6) is 0.771. The van der Waals surface area contributed by atoms with Crippen molar-refractivity contribution < 1.29 is 13.2 Å². The highest BCUT2D eigenvalue weighted by Gasteiger charge is 2.36. The van der Waals surface area contributed by atoms with Crippen LogP contribution in [0.15, 0.2) is 4.99 Å². The molecule has 1 aliphatic rings. The summed E-state index contributed by atoms with van der Waals surface area (Å²) < 4.78 is 35.9. The van der Waals surface area contributed by atoms with Crippen LogP contribution >= 0.6 is 11.8 Å². The van der Waals surface area contributed by atoms with Crippen molar-refractivity contribution in [2.75, 3.05) is 12.3 Å². The average Bonchev–Trinajstić information content (AvgIpc) is 2.37. The summed E-state index contributed by atoms with van der Waals surface area (Å²) in [6.45, 7) is 1.69. The molecule has 6 heteroatoms. The number of hydrogen-bond acceptors (Lipinski definition) is 3. The maximum atomic E-state index is 12.0. The van der Waals surface area contributed by atoms with Crippen LogP contribution in [0.1, 0.15) is 6.92 Å². The molecule has 0 aromatic heterocycles. The van der Waals surface area contributed by atoms with Crippen molar-refractivity contribution in [1.29, 1.82) is 0 Å². The zero-order valence-electron chi connectivity index (χ0n) is 6.48. The lowest BCUT2D eigenvalue weighted by molar-refractivity contribution is -0.147. The first-order chi connectivity index (χ1) is 5.50. The van der Waals surface area contributed by atoms with Gasteiger partial charge in [0, 0.05) is 5.75 Å². The topological polar surface area (TPSA) is 24.4 Å². The van der Waals surface area contributed by atoms with E-state index in [9.17, 15) is 13.2 Å². The number of alkyl halides is 3. The SMILES string of the molecule is CC(NC1=NCCS1)C(F)(F)F. The lowest BCUT2D eigenvalue weighted by Crippen LogP contribution is -2.41. The number of nitrogens with one attached hydrogen (secondary N) is 1. The van der Waals surface area contributed by atoms with Crippen molar-refractivity contribution in [3.05, 3.63) is 0 Å². The number of rotatable bonds is 1. The Hall–Kier alpha value is -0.390. The molecular formula is C6H9F3N2S. The second-order valence-corrected chi connectivity index (χ2v) is 3.53. The zero-order chi connectivity index (χ0) is 9.19. The fourth-order valence-electron chi connectivity index (χ4n) is 0.690. The molecule has 0 spiro atoms. The number of nitrogens with zero attached hydrogens (tertiary/aromatic N) is 1. The Morgan fingerprint density at radius 1 is 1.58 bits per heavy atom. The molecule has 0 aliphatic carbocycles. The summed E-state index contributed by atoms with van der Waals surface area (Å²) in [6.07, 6.45) is -4.19. The first kappa shape index (κ1) is 9.70. The standard InChI is InChI=1S/C6H9F3N2S/c1-4(6(7,8)9)11-5-10-2-3-12-5/h4H,2-3H2,1H3,(H,10,11). The van der Waals surface area contributed by atoms with Crippen molar-refractivity contribution in [2.45, 2.75) is 19.1 Å². The number of thioether (sulfide) groups is 1. The molecule has 1 rings (SSSR count). The molecule has 70 valence electrons. The third-order valence-corrected chi connectivity index (χ3v) is 2.32. The monoisotopic (exact) mass is 198 g/mol. The van der Waals surface area contributed by atoms with Gasteiger partial charge in [-0.15, -0.1) is 0 Å². The average molecular weight is 198 g/mol. The molecule has 0 saturated heterocycles. The summed E-state index contributed by atoms with van der Waals surface area (Å²) in [4.78, 5) is 3.86. The van der Waals surface area contributed by atoms with Gasteiger partial charge in [0.15, 0.2) is 5.17 Å². The van der Waals surface area contributed by atoms with Gasteiger partial charge >= 0.3 is 6.18 Å². The fourth-order valence-corrected chi connectivity index (χ4v) is 1.51. The molecule has 1 N–H and O–H groups in total. The predicted octanol–water partition coefficient (Wildman–Crippen LogP) is 1.63. The minimum absolute atomic E-state index is 0.403. The van der Waals surface area contributed by atoms with E-state index in [2.05, 4.69) is 10.3 Å². The van der Waals surface area contributed by atoms with Gasteiger partial charge in [0.25, 0.3) is 0 Å². The van der Waals surface area contributed by atoms with Crippen LogP contribution in [0.2, 0.25) is 0 Å². The van der Waals surface area contributed by atoms with E-state index < -0.39 is 12.2 Å². The summed E-state index contributed by atoms with van der Waals surface area (Å²) >= 11 is 1.33. The number of amidine groups is 1. The van der Waals surface area contributed by atoms with E-state index in [0.29, 0.717) is 11.7 Å². The third-order valence-electron chi connectivity index (χ3n) is 1.42. The molecule has 0 aromatic carbocycles. The lowest BCUT2D eigenvalue weighted by atomic mass is 10.3. The Labute approximate surface area is 72.6 Å². The highest BCUT2D eigenvalue weighted by atomic mass is 32.2. The smallest absolute Gasteiger partial charge is 0.354 e. The molecule has 0 aromatic rings. The van der Waals surface area contributed by atoms with Crippen LogP contribution in [-0.4, -0.2) is 29.7 Å². The Bertz CT molecular complexity index is 190. The molecule has 0 fully saturated rings. The van der Waals surface area contributed by atoms with Crippen LogP contribution in [0, 0.1) is 0 Å². The van der Waals surface area contributed by atoms with Gasteiger partial charge in [-0.3, -0.25) is 4.99 Å². The Morgan fingerprint density at radius 3 is 2.67 bits per heavy atom. The van der Waals surface area contributed by atoms with E-state index >= 15 is 0 Å². The first-order valence-electron chi connectivity index (χ1n) is 3.50. The van der Waals surface area contributed by atoms with E-state index in [4.69, 9.17) is 0 Å². The second kappa shape index (κ2) is 3.55. The summed E-state index contributed by atoms with van der Waals surface area (Å²) in [6, 6.07) is -1.51. The maximum Gasteiger partial charge on any atom is 0.408 e. The minimum Gasteiger partial charge on any atom is -0.354 e. The molecule has 0 saturated carbocycles. The summed E-state index contributed by atoms with van der Waals surface area (Å²) in [5, 5.41) is 2.71. The second-order valence-electron chi connectivity index (χ2n) is 2.44. The molecule has 1 atom stereocenters. The van der Waals surface area contributed by atoms with Crippen molar-refractivity contribution in [2.24, 2.45) is 4.99 Å². The van der Waals surface area contributed by atoms with Gasteiger partial charge in [0.2, 0.25) is 0 Å². The number of hydrogen-bond donors (Lipinski definition) is 1. The molecule has 0 radical (unpaired) electrons. The van der Waals surface area contributed by atoms with Crippen molar-refractivity contribution in [3.8, 4) is 0 Å². The normalized spacial score (nSPS) is 20.5. The number of aliphatic imine (C=N–C) groups is 1. The molecule has 12 heavy (non-hydrogen) atoms. The van der Waals surface area contributed by atoms with Gasteiger partial charge in [-0.1, -0.05) is 11.8 Å². The summed E-state index contributed by atoms with van der Waals surface area (Å²) in [7, 11) is 0. The predicted molar refractivity (Wildman–Crippen MR) is 43.4 cm³/mol. The summed E-state index contributed by atoms with van der Waals surface area (Å²) in [5.41, 5.74) is 0. The van der Waals surface area contributed by atoms with Gasteiger partial charge in [-0.2, -0.15) is 13.2 Å². The van der Waals surface area contributed by atoms with Crippen LogP contribution in [0.4, 0.5) is 13.2 Å². The van der Waals surface area contributed by atoms with Crippen LogP contribution < -0.4 is 5.32 Å². The molecular weight excluding hydrogens is 189 g/mol. The largest absolute Gasteiger partial charge is 0.408 e. The van der Waals surface area contributed by atoms with Gasteiger partial charge < -0.3 is 5.32 Å². The van der Waals surface area contributed by atoms with Gasteiger partial charge in [-0.05, 0) is 6.92 Å². The Morgan fingerprint density at radius 2 is 2.25 bits per heavy atom. The molecule has 2 nitrogen and oxygen atoms in total. The minimum atomic E-state index is -4.19. The third kappa shape index (κ3) is 2.58. The van der Waals surface area contributed by atoms with Crippen molar-refractivity contribution >= 4 is 16.9 Å². The van der Waals surface area contributed by atoms with E-state index in [1.54, 1.807) is 0 Å². The van der Waals surface area contributed by atoms with Crippen LogP contribution in [0.25, 0.3) is 0 Å². The zero-order valence-corrected chi connectivity index (χ0v) is 7.30. The lowest BCUT2D eigenvalue weighted by Gasteiger charge is -2.17. The highest BCUT2D eigenvalue weighted by Crippen LogP contribution is 2.21. The first-order valence-corrected chi connectivity index (χ1v) is 4.49. The molecule has 0 amide bonds. The van der Waals surface area contributed by atoms with Crippen LogP contribution in [-0.2, 0) is 0 Å². The molecule has 0 bridgehead atoms. The highest BCUT2D eigenvalue weighted by molar-refractivity contribution is 8.14.